The number of nitrogens with zero attached hydrogens (tertiary/aromatic N) is 3. The Labute approximate surface area is 140 Å². The molecule has 1 aliphatic rings. The first-order valence-corrected chi connectivity index (χ1v) is 7.91. The molecule has 0 saturated heterocycles. The van der Waals surface area contributed by atoms with Gasteiger partial charge in [-0.25, -0.2) is 4.98 Å². The van der Waals surface area contributed by atoms with E-state index in [4.69, 9.17) is 4.74 Å². The SMILES string of the molecule is CC(Cn1ccnc1)NC(=O)CCN1C(=O)COc2ccccc21. The predicted molar refractivity (Wildman–Crippen MR) is 88.7 cm³/mol. The Hall–Kier alpha value is -2.83. The average molecular weight is 328 g/mol. The van der Waals surface area contributed by atoms with Gasteiger partial charge in [0.05, 0.1) is 12.0 Å². The molecule has 0 fully saturated rings. The van der Waals surface area contributed by atoms with E-state index in [0.29, 0.717) is 24.5 Å². The van der Waals surface area contributed by atoms with Crippen molar-refractivity contribution in [3.05, 3.63) is 43.0 Å². The van der Waals surface area contributed by atoms with Crippen LogP contribution in [0.4, 0.5) is 5.69 Å². The summed E-state index contributed by atoms with van der Waals surface area (Å²) in [7, 11) is 0. The molecule has 0 bridgehead atoms. The van der Waals surface area contributed by atoms with Gasteiger partial charge in [0.15, 0.2) is 6.61 Å². The van der Waals surface area contributed by atoms with Crippen molar-refractivity contribution in [2.45, 2.75) is 25.9 Å². The van der Waals surface area contributed by atoms with Gasteiger partial charge >= 0.3 is 0 Å². The molecule has 3 rings (SSSR count). The van der Waals surface area contributed by atoms with E-state index in [-0.39, 0.29) is 30.9 Å². The van der Waals surface area contributed by atoms with Gasteiger partial charge < -0.3 is 19.5 Å². The lowest BCUT2D eigenvalue weighted by Crippen LogP contribution is -2.42. The van der Waals surface area contributed by atoms with E-state index < -0.39 is 0 Å². The molecule has 0 spiro atoms. The maximum Gasteiger partial charge on any atom is 0.265 e. The largest absolute Gasteiger partial charge is 0.482 e. The zero-order valence-corrected chi connectivity index (χ0v) is 13.5. The molecule has 1 atom stereocenters. The number of amides is 2. The number of nitrogens with one attached hydrogen (secondary N) is 1. The summed E-state index contributed by atoms with van der Waals surface area (Å²) in [5.74, 6) is 0.457. The first-order valence-electron chi connectivity index (χ1n) is 7.91. The third kappa shape index (κ3) is 3.73. The average Bonchev–Trinajstić information content (AvgIpc) is 3.06. The number of para-hydroxylation sites is 2. The maximum absolute atomic E-state index is 12.1. The predicted octanol–water partition coefficient (Wildman–Crippen LogP) is 1.20. The molecule has 1 aromatic heterocycles. The van der Waals surface area contributed by atoms with Crippen LogP contribution >= 0.6 is 0 Å². The summed E-state index contributed by atoms with van der Waals surface area (Å²) in [4.78, 5) is 29.8. The maximum atomic E-state index is 12.1. The van der Waals surface area contributed by atoms with Gasteiger partial charge in [0.2, 0.25) is 5.91 Å². The molecule has 1 unspecified atom stereocenters. The van der Waals surface area contributed by atoms with Crippen LogP contribution in [0.25, 0.3) is 0 Å². The van der Waals surface area contributed by atoms with Crippen molar-refractivity contribution in [3.8, 4) is 5.75 Å². The lowest BCUT2D eigenvalue weighted by atomic mass is 10.2. The number of imidazole rings is 1. The Bertz CT molecular complexity index is 714. The van der Waals surface area contributed by atoms with E-state index in [9.17, 15) is 9.59 Å². The first kappa shape index (κ1) is 16.0. The molecule has 24 heavy (non-hydrogen) atoms. The van der Waals surface area contributed by atoms with Crippen LogP contribution in [0.2, 0.25) is 0 Å². The second-order valence-electron chi connectivity index (χ2n) is 5.78. The summed E-state index contributed by atoms with van der Waals surface area (Å²) in [5, 5.41) is 2.94. The van der Waals surface area contributed by atoms with Crippen molar-refractivity contribution >= 4 is 17.5 Å². The van der Waals surface area contributed by atoms with Gasteiger partial charge in [0.1, 0.15) is 5.75 Å². The summed E-state index contributed by atoms with van der Waals surface area (Å²) in [6, 6.07) is 7.34. The second kappa shape index (κ2) is 7.16. The number of anilines is 1. The summed E-state index contributed by atoms with van der Waals surface area (Å²) >= 11 is 0. The Balaban J connectivity index is 1.53. The quantitative estimate of drug-likeness (QED) is 0.864. The molecule has 126 valence electrons. The molecule has 7 heteroatoms. The van der Waals surface area contributed by atoms with E-state index in [1.54, 1.807) is 17.4 Å². The normalized spacial score (nSPS) is 14.7. The molecule has 1 aromatic carbocycles. The van der Waals surface area contributed by atoms with Crippen molar-refractivity contribution < 1.29 is 14.3 Å². The minimum Gasteiger partial charge on any atom is -0.482 e. The molecule has 2 heterocycles. The Morgan fingerprint density at radius 3 is 3.04 bits per heavy atom. The minimum absolute atomic E-state index is 0.00959. The number of hydrogen-bond acceptors (Lipinski definition) is 4. The van der Waals surface area contributed by atoms with Crippen molar-refractivity contribution in [1.82, 2.24) is 14.9 Å². The Kier molecular flexibility index (Phi) is 4.79. The first-order chi connectivity index (χ1) is 11.6. The fraction of sp³-hybridized carbons (Fsp3) is 0.353. The Morgan fingerprint density at radius 2 is 2.25 bits per heavy atom. The van der Waals surface area contributed by atoms with Gasteiger partial charge in [0.25, 0.3) is 5.91 Å². The highest BCUT2D eigenvalue weighted by atomic mass is 16.5. The van der Waals surface area contributed by atoms with Crippen LogP contribution in [0.5, 0.6) is 5.75 Å². The van der Waals surface area contributed by atoms with Gasteiger partial charge in [-0.05, 0) is 19.1 Å². The number of carbonyl (C=O) groups excluding carboxylic acids is 2. The number of aromatic nitrogens is 2. The molecular weight excluding hydrogens is 308 g/mol. The summed E-state index contributed by atoms with van der Waals surface area (Å²) in [6.45, 7) is 2.94. The molecule has 0 radical (unpaired) electrons. The highest BCUT2D eigenvalue weighted by Crippen LogP contribution is 2.31. The van der Waals surface area contributed by atoms with E-state index in [1.807, 2.05) is 42.0 Å². The van der Waals surface area contributed by atoms with Crippen LogP contribution < -0.4 is 15.0 Å². The fourth-order valence-corrected chi connectivity index (χ4v) is 2.72. The standard InChI is InChI=1S/C17H20N4O3/c1-13(10-20-9-7-18-12-20)19-16(22)6-8-21-14-4-2-3-5-15(14)24-11-17(21)23/h2-5,7,9,12-13H,6,8,10-11H2,1H3,(H,19,22). The smallest absolute Gasteiger partial charge is 0.265 e. The van der Waals surface area contributed by atoms with Crippen molar-refractivity contribution in [2.75, 3.05) is 18.1 Å². The topological polar surface area (TPSA) is 76.5 Å². The van der Waals surface area contributed by atoms with E-state index in [0.717, 1.165) is 0 Å². The molecule has 7 nitrogen and oxygen atoms in total. The summed E-state index contributed by atoms with van der Waals surface area (Å²) < 4.78 is 7.31. The van der Waals surface area contributed by atoms with Crippen molar-refractivity contribution in [2.24, 2.45) is 0 Å². The molecular formula is C17H20N4O3. The van der Waals surface area contributed by atoms with Gasteiger partial charge in [-0.2, -0.15) is 0 Å². The number of hydrogen-bond donors (Lipinski definition) is 1. The van der Waals surface area contributed by atoms with Gasteiger partial charge in [-0.1, -0.05) is 12.1 Å². The van der Waals surface area contributed by atoms with Gasteiger partial charge in [0, 0.05) is 37.9 Å². The summed E-state index contributed by atoms with van der Waals surface area (Å²) in [5.41, 5.74) is 0.716. The van der Waals surface area contributed by atoms with Gasteiger partial charge in [-0.15, -0.1) is 0 Å². The van der Waals surface area contributed by atoms with Crippen molar-refractivity contribution in [3.63, 3.8) is 0 Å². The highest BCUT2D eigenvalue weighted by Gasteiger charge is 2.25. The van der Waals surface area contributed by atoms with Crippen LogP contribution in [0, 0.1) is 0 Å². The van der Waals surface area contributed by atoms with Gasteiger partial charge in [-0.3, -0.25) is 9.59 Å². The van der Waals surface area contributed by atoms with Crippen LogP contribution in [0.15, 0.2) is 43.0 Å². The van der Waals surface area contributed by atoms with E-state index >= 15 is 0 Å². The number of benzene rings is 1. The molecule has 1 aliphatic heterocycles. The third-order valence-corrected chi connectivity index (χ3v) is 3.82. The summed E-state index contributed by atoms with van der Waals surface area (Å²) in [6.07, 6.45) is 5.52. The zero-order valence-electron chi connectivity index (χ0n) is 13.5. The van der Waals surface area contributed by atoms with E-state index in [2.05, 4.69) is 10.3 Å². The Morgan fingerprint density at radius 1 is 1.42 bits per heavy atom. The monoisotopic (exact) mass is 328 g/mol. The minimum atomic E-state index is -0.132. The fourth-order valence-electron chi connectivity index (χ4n) is 2.72. The zero-order chi connectivity index (χ0) is 16.9. The lowest BCUT2D eigenvalue weighted by molar-refractivity contribution is -0.122. The molecule has 2 amide bonds. The van der Waals surface area contributed by atoms with Crippen LogP contribution in [0.3, 0.4) is 0 Å². The molecule has 0 saturated carbocycles. The molecule has 2 aromatic rings. The number of carbonyl (C=O) groups is 2. The number of ether oxygens (including phenoxy) is 1. The highest BCUT2D eigenvalue weighted by molar-refractivity contribution is 5.98. The van der Waals surface area contributed by atoms with Crippen LogP contribution in [-0.2, 0) is 16.1 Å². The number of fused-ring (bicyclic) bond motifs is 1. The molecule has 1 N–H and O–H groups in total. The molecule has 0 aliphatic carbocycles. The number of rotatable bonds is 6. The third-order valence-electron chi connectivity index (χ3n) is 3.82. The lowest BCUT2D eigenvalue weighted by Gasteiger charge is -2.29. The van der Waals surface area contributed by atoms with Crippen LogP contribution in [-0.4, -0.2) is 40.6 Å². The van der Waals surface area contributed by atoms with Crippen LogP contribution in [0.1, 0.15) is 13.3 Å². The van der Waals surface area contributed by atoms with E-state index in [1.165, 1.54) is 0 Å². The van der Waals surface area contributed by atoms with Crippen molar-refractivity contribution in [1.29, 1.82) is 0 Å². The second-order valence-corrected chi connectivity index (χ2v) is 5.78.